The Kier molecular flexibility index (Phi) is 6.42. The fraction of sp³-hybridized carbons (Fsp3) is 0.579. The van der Waals surface area contributed by atoms with Crippen LogP contribution in [0.15, 0.2) is 23.3 Å². The standard InChI is InChI=1S/C19H29N3O3/c1-14(20-21-18(24)25-19(2,3)4)15-8-9-17(23)16(12-15)13-22-10-6-5-7-11-22/h8-9,12,23H,5-7,10-11,13H2,1-4H3,(H,21,24)/p+1/b20-14+. The van der Waals surface area contributed by atoms with Gasteiger partial charge in [0, 0.05) is 5.56 Å². The molecule has 1 aliphatic rings. The maximum absolute atomic E-state index is 11.7. The van der Waals surface area contributed by atoms with Crippen LogP contribution in [-0.2, 0) is 11.3 Å². The van der Waals surface area contributed by atoms with E-state index in [1.165, 1.54) is 24.2 Å². The molecule has 1 aromatic rings. The molecule has 25 heavy (non-hydrogen) atoms. The number of nitrogens with zero attached hydrogens (tertiary/aromatic N) is 1. The van der Waals surface area contributed by atoms with Crippen molar-refractivity contribution in [3.8, 4) is 5.75 Å². The van der Waals surface area contributed by atoms with E-state index in [0.29, 0.717) is 11.5 Å². The Bertz CT molecular complexity index is 629. The van der Waals surface area contributed by atoms with Crippen LogP contribution < -0.4 is 10.3 Å². The number of amides is 1. The van der Waals surface area contributed by atoms with Gasteiger partial charge < -0.3 is 14.7 Å². The first-order valence-corrected chi connectivity index (χ1v) is 8.94. The summed E-state index contributed by atoms with van der Waals surface area (Å²) in [4.78, 5) is 13.2. The normalized spacial score (nSPS) is 16.6. The number of quaternary nitrogens is 1. The lowest BCUT2D eigenvalue weighted by Gasteiger charge is -2.24. The smallest absolute Gasteiger partial charge is 0.428 e. The monoisotopic (exact) mass is 348 g/mol. The third-order valence-electron chi connectivity index (χ3n) is 4.21. The van der Waals surface area contributed by atoms with Gasteiger partial charge in [-0.1, -0.05) is 0 Å². The maximum Gasteiger partial charge on any atom is 0.428 e. The van der Waals surface area contributed by atoms with Crippen molar-refractivity contribution >= 4 is 11.8 Å². The number of ether oxygens (including phenoxy) is 1. The molecule has 0 aromatic heterocycles. The van der Waals surface area contributed by atoms with Crippen LogP contribution in [0.5, 0.6) is 5.75 Å². The zero-order valence-corrected chi connectivity index (χ0v) is 15.7. The Morgan fingerprint density at radius 1 is 1.28 bits per heavy atom. The van der Waals surface area contributed by atoms with Gasteiger partial charge in [0.15, 0.2) is 0 Å². The van der Waals surface area contributed by atoms with E-state index >= 15 is 0 Å². The fourth-order valence-electron chi connectivity index (χ4n) is 2.95. The van der Waals surface area contributed by atoms with Crippen molar-refractivity contribution in [1.82, 2.24) is 5.43 Å². The number of rotatable bonds is 4. The zero-order valence-electron chi connectivity index (χ0n) is 15.7. The quantitative estimate of drug-likeness (QED) is 0.577. The number of piperidine rings is 1. The van der Waals surface area contributed by atoms with Crippen LogP contribution in [0.4, 0.5) is 4.79 Å². The summed E-state index contributed by atoms with van der Waals surface area (Å²) in [7, 11) is 0. The summed E-state index contributed by atoms with van der Waals surface area (Å²) in [6.07, 6.45) is 3.22. The first-order valence-electron chi connectivity index (χ1n) is 8.94. The highest BCUT2D eigenvalue weighted by Gasteiger charge is 2.17. The van der Waals surface area contributed by atoms with Crippen LogP contribution in [-0.4, -0.2) is 35.6 Å². The summed E-state index contributed by atoms with van der Waals surface area (Å²) in [5, 5.41) is 14.2. The third kappa shape index (κ3) is 6.38. The molecule has 1 heterocycles. The van der Waals surface area contributed by atoms with E-state index in [0.717, 1.165) is 30.8 Å². The Morgan fingerprint density at radius 3 is 2.60 bits per heavy atom. The minimum atomic E-state index is -0.580. The van der Waals surface area contributed by atoms with Gasteiger partial charge in [-0.05, 0) is 70.7 Å². The summed E-state index contributed by atoms with van der Waals surface area (Å²) in [5.41, 5.74) is 4.31. The molecule has 1 saturated heterocycles. The van der Waals surface area contributed by atoms with Gasteiger partial charge >= 0.3 is 6.09 Å². The van der Waals surface area contributed by atoms with Crippen LogP contribution in [0.1, 0.15) is 58.1 Å². The number of hydrogen-bond donors (Lipinski definition) is 3. The van der Waals surface area contributed by atoms with E-state index < -0.39 is 11.7 Å². The van der Waals surface area contributed by atoms with E-state index in [-0.39, 0.29) is 0 Å². The van der Waals surface area contributed by atoms with Gasteiger partial charge in [0.05, 0.1) is 18.8 Å². The molecule has 0 bridgehead atoms. The average molecular weight is 348 g/mol. The van der Waals surface area contributed by atoms with Crippen molar-refractivity contribution in [2.75, 3.05) is 13.1 Å². The minimum Gasteiger partial charge on any atom is -0.507 e. The van der Waals surface area contributed by atoms with Crippen molar-refractivity contribution in [3.05, 3.63) is 29.3 Å². The van der Waals surface area contributed by atoms with Crippen LogP contribution in [0.2, 0.25) is 0 Å². The summed E-state index contributed by atoms with van der Waals surface area (Å²) in [5.74, 6) is 0.315. The van der Waals surface area contributed by atoms with E-state index in [9.17, 15) is 9.90 Å². The summed E-state index contributed by atoms with van der Waals surface area (Å²) >= 11 is 0. The molecule has 1 aromatic carbocycles. The molecule has 1 amide bonds. The highest BCUT2D eigenvalue weighted by Crippen LogP contribution is 2.18. The van der Waals surface area contributed by atoms with Crippen LogP contribution in [0.25, 0.3) is 0 Å². The molecule has 0 saturated carbocycles. The number of likely N-dealkylation sites (tertiary alicyclic amines) is 1. The molecular weight excluding hydrogens is 318 g/mol. The van der Waals surface area contributed by atoms with Crippen LogP contribution in [0, 0.1) is 0 Å². The molecule has 1 aliphatic heterocycles. The lowest BCUT2D eigenvalue weighted by Crippen LogP contribution is -3.11. The van der Waals surface area contributed by atoms with Gasteiger partial charge in [-0.2, -0.15) is 5.10 Å². The second kappa shape index (κ2) is 8.34. The van der Waals surface area contributed by atoms with Crippen molar-refractivity contribution in [2.24, 2.45) is 5.10 Å². The van der Waals surface area contributed by atoms with Gasteiger partial charge in [0.2, 0.25) is 0 Å². The predicted molar refractivity (Wildman–Crippen MR) is 97.9 cm³/mol. The maximum atomic E-state index is 11.7. The molecule has 0 radical (unpaired) electrons. The lowest BCUT2D eigenvalue weighted by molar-refractivity contribution is -0.918. The molecule has 0 atom stereocenters. The van der Waals surface area contributed by atoms with E-state index in [4.69, 9.17) is 4.74 Å². The minimum absolute atomic E-state index is 0.315. The fourth-order valence-corrected chi connectivity index (χ4v) is 2.95. The Balaban J connectivity index is 2.04. The number of carbonyl (C=O) groups excluding carboxylic acids is 1. The molecule has 0 aliphatic carbocycles. The van der Waals surface area contributed by atoms with E-state index in [1.807, 2.05) is 13.0 Å². The number of benzene rings is 1. The SMILES string of the molecule is C/C(=N\NC(=O)OC(C)(C)C)c1ccc(O)c(C[NH+]2CCCCC2)c1. The van der Waals surface area contributed by atoms with Crippen molar-refractivity contribution in [3.63, 3.8) is 0 Å². The van der Waals surface area contributed by atoms with Crippen LogP contribution >= 0.6 is 0 Å². The first-order chi connectivity index (χ1) is 11.7. The second-order valence-corrected chi connectivity index (χ2v) is 7.64. The summed E-state index contributed by atoms with van der Waals surface area (Å²) in [6, 6.07) is 5.45. The molecule has 138 valence electrons. The van der Waals surface area contributed by atoms with Crippen LogP contribution in [0.3, 0.4) is 0 Å². The lowest BCUT2D eigenvalue weighted by atomic mass is 10.0. The largest absolute Gasteiger partial charge is 0.507 e. The summed E-state index contributed by atoms with van der Waals surface area (Å²) < 4.78 is 5.17. The van der Waals surface area contributed by atoms with Gasteiger partial charge in [0.25, 0.3) is 0 Å². The number of hydrogen-bond acceptors (Lipinski definition) is 4. The molecule has 6 heteroatoms. The number of hydrazone groups is 1. The highest BCUT2D eigenvalue weighted by atomic mass is 16.6. The van der Waals surface area contributed by atoms with E-state index in [1.54, 1.807) is 32.9 Å². The number of carbonyl (C=O) groups is 1. The number of aromatic hydroxyl groups is 1. The number of phenolic OH excluding ortho intramolecular Hbond substituents is 1. The Labute approximate surface area is 149 Å². The van der Waals surface area contributed by atoms with Gasteiger partial charge in [-0.15, -0.1) is 0 Å². The molecule has 3 N–H and O–H groups in total. The summed E-state index contributed by atoms with van der Waals surface area (Å²) in [6.45, 7) is 10.3. The average Bonchev–Trinajstić information content (AvgIpc) is 2.54. The molecule has 1 fully saturated rings. The second-order valence-electron chi connectivity index (χ2n) is 7.64. The molecule has 0 unspecified atom stereocenters. The van der Waals surface area contributed by atoms with E-state index in [2.05, 4.69) is 10.5 Å². The Hall–Kier alpha value is -2.08. The van der Waals surface area contributed by atoms with Gasteiger partial charge in [-0.3, -0.25) is 0 Å². The number of phenols is 1. The molecule has 2 rings (SSSR count). The van der Waals surface area contributed by atoms with Gasteiger partial charge in [0.1, 0.15) is 17.9 Å². The van der Waals surface area contributed by atoms with Crippen molar-refractivity contribution in [2.45, 2.75) is 59.1 Å². The third-order valence-corrected chi connectivity index (χ3v) is 4.21. The number of nitrogens with one attached hydrogen (secondary N) is 2. The molecule has 0 spiro atoms. The predicted octanol–water partition coefficient (Wildman–Crippen LogP) is 2.21. The van der Waals surface area contributed by atoms with Crippen molar-refractivity contribution < 1.29 is 19.5 Å². The zero-order chi connectivity index (χ0) is 18.4. The molecular formula is C19H30N3O3+. The Morgan fingerprint density at radius 2 is 1.96 bits per heavy atom. The van der Waals surface area contributed by atoms with Crippen molar-refractivity contribution in [1.29, 1.82) is 0 Å². The first kappa shape index (κ1) is 19.2. The van der Waals surface area contributed by atoms with Gasteiger partial charge in [-0.25, -0.2) is 10.2 Å². The highest BCUT2D eigenvalue weighted by molar-refractivity contribution is 5.99. The topological polar surface area (TPSA) is 75.4 Å². The molecule has 6 nitrogen and oxygen atoms in total.